The normalized spacial score (nSPS) is 23.1. The molecule has 0 aromatic heterocycles. The van der Waals surface area contributed by atoms with Crippen molar-refractivity contribution >= 4 is 17.3 Å². The first kappa shape index (κ1) is 21.3. The molecule has 3 aliphatic rings. The van der Waals surface area contributed by atoms with Gasteiger partial charge in [0.1, 0.15) is 0 Å². The first-order valence-electron chi connectivity index (χ1n) is 10.5. The smallest absolute Gasteiger partial charge is 0.310 e. The van der Waals surface area contributed by atoms with E-state index in [0.717, 1.165) is 11.4 Å². The first-order chi connectivity index (χ1) is 14.3. The zero-order chi connectivity index (χ0) is 22.9. The Morgan fingerprint density at radius 1 is 0.968 bits per heavy atom. The molecule has 7 nitrogen and oxygen atoms in total. The summed E-state index contributed by atoms with van der Waals surface area (Å²) in [5.41, 5.74) is 2.58. The van der Waals surface area contributed by atoms with Gasteiger partial charge in [-0.2, -0.15) is 0 Å². The molecule has 0 amide bonds. The number of nitro benzene ring substituents is 1. The molecule has 0 unspecified atom stereocenters. The Kier molecular flexibility index (Phi) is 4.65. The lowest BCUT2D eigenvalue weighted by Crippen LogP contribution is -2.43. The SMILES string of the molecule is CN1C2=C(C(=O)CC(C)(C)C2)C(c2ccc(O)c([N+](=O)[O-])c2)C2=C1CC(C)(C)CC2=O. The highest BCUT2D eigenvalue weighted by atomic mass is 16.6. The van der Waals surface area contributed by atoms with Crippen molar-refractivity contribution in [3.05, 3.63) is 56.4 Å². The quantitative estimate of drug-likeness (QED) is 0.549. The van der Waals surface area contributed by atoms with Crippen LogP contribution in [0.5, 0.6) is 5.75 Å². The number of ketones is 2. The molecule has 0 spiro atoms. The van der Waals surface area contributed by atoms with Crippen LogP contribution in [0, 0.1) is 20.9 Å². The van der Waals surface area contributed by atoms with E-state index in [9.17, 15) is 24.8 Å². The second-order valence-corrected chi connectivity index (χ2v) is 10.6. The lowest BCUT2D eigenvalue weighted by Gasteiger charge is -2.47. The van der Waals surface area contributed by atoms with E-state index in [-0.39, 0.29) is 22.4 Å². The lowest BCUT2D eigenvalue weighted by molar-refractivity contribution is -0.385. The molecule has 1 heterocycles. The second kappa shape index (κ2) is 6.77. The van der Waals surface area contributed by atoms with Crippen molar-refractivity contribution in [3.63, 3.8) is 0 Å². The molecule has 1 aromatic carbocycles. The molecule has 1 aromatic rings. The third-order valence-electron chi connectivity index (χ3n) is 6.71. The van der Waals surface area contributed by atoms with Crippen molar-refractivity contribution in [2.45, 2.75) is 59.3 Å². The fraction of sp³-hybridized carbons (Fsp3) is 0.500. The van der Waals surface area contributed by atoms with E-state index in [1.54, 1.807) is 6.07 Å². The Morgan fingerprint density at radius 3 is 1.90 bits per heavy atom. The average Bonchev–Trinajstić information content (AvgIpc) is 2.62. The van der Waals surface area contributed by atoms with Gasteiger partial charge in [0.2, 0.25) is 0 Å². The zero-order valence-electron chi connectivity index (χ0n) is 18.6. The van der Waals surface area contributed by atoms with E-state index in [4.69, 9.17) is 0 Å². The molecule has 0 saturated heterocycles. The van der Waals surface area contributed by atoms with Crippen LogP contribution in [0.15, 0.2) is 40.7 Å². The predicted molar refractivity (Wildman–Crippen MR) is 115 cm³/mol. The Labute approximate surface area is 181 Å². The number of hydrogen-bond acceptors (Lipinski definition) is 6. The lowest BCUT2D eigenvalue weighted by atomic mass is 9.63. The third-order valence-corrected chi connectivity index (χ3v) is 6.71. The highest BCUT2D eigenvalue weighted by Crippen LogP contribution is 2.54. The van der Waals surface area contributed by atoms with Gasteiger partial charge in [0.05, 0.1) is 4.92 Å². The molecular weight excluding hydrogens is 396 g/mol. The summed E-state index contributed by atoms with van der Waals surface area (Å²) < 4.78 is 0. The summed E-state index contributed by atoms with van der Waals surface area (Å²) in [7, 11) is 1.92. The fourth-order valence-electron chi connectivity index (χ4n) is 5.36. The summed E-state index contributed by atoms with van der Waals surface area (Å²) >= 11 is 0. The van der Waals surface area contributed by atoms with Crippen LogP contribution >= 0.6 is 0 Å². The fourth-order valence-corrected chi connectivity index (χ4v) is 5.36. The Hall–Kier alpha value is -2.96. The molecule has 0 bridgehead atoms. The van der Waals surface area contributed by atoms with E-state index >= 15 is 0 Å². The van der Waals surface area contributed by atoms with E-state index < -0.39 is 22.3 Å². The van der Waals surface area contributed by atoms with Gasteiger partial charge >= 0.3 is 5.69 Å². The number of carbonyl (C=O) groups excluding carboxylic acids is 2. The number of carbonyl (C=O) groups is 2. The van der Waals surface area contributed by atoms with Crippen LogP contribution in [-0.2, 0) is 9.59 Å². The highest BCUT2D eigenvalue weighted by molar-refractivity contribution is 6.06. The molecular formula is C24H28N2O5. The van der Waals surface area contributed by atoms with E-state index in [1.807, 2.05) is 11.9 Å². The summed E-state index contributed by atoms with van der Waals surface area (Å²) in [6, 6.07) is 4.18. The van der Waals surface area contributed by atoms with Gasteiger partial charge in [0.25, 0.3) is 0 Å². The molecule has 0 saturated carbocycles. The number of rotatable bonds is 2. The van der Waals surface area contributed by atoms with Gasteiger partial charge in [-0.15, -0.1) is 0 Å². The topological polar surface area (TPSA) is 101 Å². The molecule has 164 valence electrons. The van der Waals surface area contributed by atoms with Crippen molar-refractivity contribution in [2.24, 2.45) is 10.8 Å². The molecule has 31 heavy (non-hydrogen) atoms. The van der Waals surface area contributed by atoms with Crippen LogP contribution in [0.2, 0.25) is 0 Å². The molecule has 1 N–H and O–H groups in total. The molecule has 7 heteroatoms. The average molecular weight is 424 g/mol. The first-order valence-corrected chi connectivity index (χ1v) is 10.5. The van der Waals surface area contributed by atoms with Crippen LogP contribution in [-0.4, -0.2) is 33.5 Å². The van der Waals surface area contributed by atoms with Gasteiger partial charge in [-0.1, -0.05) is 33.8 Å². The predicted octanol–water partition coefficient (Wildman–Crippen LogP) is 4.62. The van der Waals surface area contributed by atoms with Gasteiger partial charge in [-0.05, 0) is 35.3 Å². The van der Waals surface area contributed by atoms with Gasteiger partial charge in [0.15, 0.2) is 17.3 Å². The van der Waals surface area contributed by atoms with Gasteiger partial charge in [-0.3, -0.25) is 19.7 Å². The van der Waals surface area contributed by atoms with Crippen molar-refractivity contribution in [3.8, 4) is 5.75 Å². The maximum absolute atomic E-state index is 13.4. The molecule has 0 fully saturated rings. The van der Waals surface area contributed by atoms with Crippen LogP contribution in [0.4, 0.5) is 5.69 Å². The van der Waals surface area contributed by atoms with Crippen molar-refractivity contribution < 1.29 is 19.6 Å². The summed E-state index contributed by atoms with van der Waals surface area (Å²) in [6.45, 7) is 8.23. The maximum Gasteiger partial charge on any atom is 0.310 e. The van der Waals surface area contributed by atoms with Crippen LogP contribution < -0.4 is 0 Å². The van der Waals surface area contributed by atoms with Gasteiger partial charge in [0, 0.05) is 54.4 Å². The minimum absolute atomic E-state index is 0.0250. The van der Waals surface area contributed by atoms with Crippen LogP contribution in [0.3, 0.4) is 0 Å². The number of Topliss-reactive ketones (excluding diaryl/α,β-unsaturated/α-hetero) is 2. The minimum atomic E-state index is -0.646. The number of nitro groups is 1. The van der Waals surface area contributed by atoms with E-state index in [0.29, 0.717) is 42.4 Å². The second-order valence-electron chi connectivity index (χ2n) is 10.6. The molecule has 4 rings (SSSR count). The number of nitrogens with zero attached hydrogens (tertiary/aromatic N) is 2. The number of hydrogen-bond donors (Lipinski definition) is 1. The third kappa shape index (κ3) is 3.46. The summed E-state index contributed by atoms with van der Waals surface area (Å²) in [5.74, 6) is -1.13. The molecule has 1 aliphatic heterocycles. The Morgan fingerprint density at radius 2 is 1.45 bits per heavy atom. The van der Waals surface area contributed by atoms with Crippen LogP contribution in [0.1, 0.15) is 64.9 Å². The largest absolute Gasteiger partial charge is 0.502 e. The number of aromatic hydroxyl groups is 1. The van der Waals surface area contributed by atoms with Crippen molar-refractivity contribution in [1.29, 1.82) is 0 Å². The zero-order valence-corrected chi connectivity index (χ0v) is 18.6. The van der Waals surface area contributed by atoms with Crippen molar-refractivity contribution in [1.82, 2.24) is 4.90 Å². The van der Waals surface area contributed by atoms with Crippen LogP contribution in [0.25, 0.3) is 0 Å². The van der Waals surface area contributed by atoms with Gasteiger partial charge in [-0.25, -0.2) is 0 Å². The molecule has 2 aliphatic carbocycles. The van der Waals surface area contributed by atoms with Crippen molar-refractivity contribution in [2.75, 3.05) is 7.05 Å². The highest BCUT2D eigenvalue weighted by Gasteiger charge is 2.48. The minimum Gasteiger partial charge on any atom is -0.502 e. The Bertz CT molecular complexity index is 1040. The summed E-state index contributed by atoms with van der Waals surface area (Å²) in [6.07, 6.45) is 2.09. The number of benzene rings is 1. The number of allylic oxidation sites excluding steroid dienone is 4. The molecule has 0 atom stereocenters. The monoisotopic (exact) mass is 424 g/mol. The number of phenols is 1. The van der Waals surface area contributed by atoms with E-state index in [2.05, 4.69) is 27.7 Å². The number of phenolic OH excluding ortho intramolecular Hbond substituents is 1. The summed E-state index contributed by atoms with van der Waals surface area (Å²) in [4.78, 5) is 39.6. The van der Waals surface area contributed by atoms with E-state index in [1.165, 1.54) is 12.1 Å². The Balaban J connectivity index is 1.99. The maximum atomic E-state index is 13.4. The summed E-state index contributed by atoms with van der Waals surface area (Å²) in [5, 5.41) is 21.4. The van der Waals surface area contributed by atoms with Gasteiger partial charge < -0.3 is 10.0 Å². The molecule has 0 radical (unpaired) electrons. The standard InChI is InChI=1S/C24H28N2O5/c1-23(2)9-15-21(18(28)11-23)20(13-6-7-17(27)14(8-13)26(30)31)22-16(25(15)5)10-24(3,4)12-19(22)29/h6-8,20,27H,9-12H2,1-5H3.